The van der Waals surface area contributed by atoms with Crippen molar-refractivity contribution in [2.24, 2.45) is 5.92 Å². The normalized spacial score (nSPS) is 20.2. The number of hydrogen-bond acceptors (Lipinski definition) is 3. The van der Waals surface area contributed by atoms with E-state index in [4.69, 9.17) is 5.11 Å². The minimum Gasteiger partial charge on any atom is -0.396 e. The third kappa shape index (κ3) is 6.17. The molecule has 3 heteroatoms. The Labute approximate surface area is 113 Å². The van der Waals surface area contributed by atoms with Crippen LogP contribution in [0, 0.1) is 5.92 Å². The van der Waals surface area contributed by atoms with Crippen LogP contribution in [0.15, 0.2) is 0 Å². The van der Waals surface area contributed by atoms with Gasteiger partial charge in [-0.3, -0.25) is 0 Å². The Bertz CT molecular complexity index is 191. The van der Waals surface area contributed by atoms with Crippen molar-refractivity contribution < 1.29 is 5.11 Å². The van der Waals surface area contributed by atoms with Crippen molar-refractivity contribution in [1.29, 1.82) is 0 Å². The molecule has 1 rings (SSSR count). The molecule has 1 fully saturated rings. The molecule has 1 aliphatic rings. The molecule has 108 valence electrons. The first-order valence-electron chi connectivity index (χ1n) is 7.85. The fraction of sp³-hybridized carbons (Fsp3) is 1.00. The molecule has 1 aliphatic heterocycles. The average Bonchev–Trinajstić information content (AvgIpc) is 2.43. The number of unbranched alkanes of at least 4 members (excludes halogenated alkanes) is 1. The largest absolute Gasteiger partial charge is 0.396 e. The SMILES string of the molecule is CC[C@H](CCO)CCCCN1CCN(CC)CC1. The van der Waals surface area contributed by atoms with E-state index in [0.29, 0.717) is 6.61 Å². The Balaban J connectivity index is 2.01. The van der Waals surface area contributed by atoms with Gasteiger partial charge in [-0.05, 0) is 31.8 Å². The number of nitrogens with zero attached hydrogens (tertiary/aromatic N) is 2. The van der Waals surface area contributed by atoms with Gasteiger partial charge in [-0.15, -0.1) is 0 Å². The third-order valence-electron chi connectivity index (χ3n) is 4.36. The van der Waals surface area contributed by atoms with Crippen molar-refractivity contribution in [2.45, 2.75) is 46.0 Å². The summed E-state index contributed by atoms with van der Waals surface area (Å²) in [5, 5.41) is 8.96. The first kappa shape index (κ1) is 15.9. The van der Waals surface area contributed by atoms with Crippen LogP contribution in [0.1, 0.15) is 46.0 Å². The Morgan fingerprint density at radius 3 is 2.17 bits per heavy atom. The summed E-state index contributed by atoms with van der Waals surface area (Å²) in [5.74, 6) is 0.743. The van der Waals surface area contributed by atoms with Crippen LogP contribution in [0.25, 0.3) is 0 Å². The molecule has 0 radical (unpaired) electrons. The lowest BCUT2D eigenvalue weighted by molar-refractivity contribution is 0.134. The summed E-state index contributed by atoms with van der Waals surface area (Å²) < 4.78 is 0. The highest BCUT2D eigenvalue weighted by atomic mass is 16.3. The van der Waals surface area contributed by atoms with Crippen molar-refractivity contribution >= 4 is 0 Å². The highest BCUT2D eigenvalue weighted by Crippen LogP contribution is 2.16. The molecule has 0 aromatic carbocycles. The highest BCUT2D eigenvalue weighted by molar-refractivity contribution is 4.70. The zero-order chi connectivity index (χ0) is 13.2. The van der Waals surface area contributed by atoms with E-state index in [1.807, 2.05) is 0 Å². The topological polar surface area (TPSA) is 26.7 Å². The molecule has 0 spiro atoms. The summed E-state index contributed by atoms with van der Waals surface area (Å²) in [6, 6.07) is 0. The van der Waals surface area contributed by atoms with Crippen LogP contribution in [0.2, 0.25) is 0 Å². The minimum atomic E-state index is 0.359. The van der Waals surface area contributed by atoms with E-state index in [1.165, 1.54) is 65.0 Å². The van der Waals surface area contributed by atoms with E-state index >= 15 is 0 Å². The molecule has 0 unspecified atom stereocenters. The smallest absolute Gasteiger partial charge is 0.0433 e. The number of rotatable bonds is 9. The van der Waals surface area contributed by atoms with Crippen LogP contribution >= 0.6 is 0 Å². The average molecular weight is 256 g/mol. The van der Waals surface area contributed by atoms with Crippen LogP contribution in [0.3, 0.4) is 0 Å². The first-order valence-corrected chi connectivity index (χ1v) is 7.85. The van der Waals surface area contributed by atoms with Crippen LogP contribution in [-0.2, 0) is 0 Å². The van der Waals surface area contributed by atoms with Crippen molar-refractivity contribution in [1.82, 2.24) is 9.80 Å². The molecule has 0 aliphatic carbocycles. The van der Waals surface area contributed by atoms with Crippen molar-refractivity contribution in [3.05, 3.63) is 0 Å². The molecule has 1 heterocycles. The van der Waals surface area contributed by atoms with Gasteiger partial charge < -0.3 is 14.9 Å². The molecular weight excluding hydrogens is 224 g/mol. The molecule has 0 bridgehead atoms. The molecule has 0 amide bonds. The molecule has 0 aromatic heterocycles. The maximum atomic E-state index is 8.96. The van der Waals surface area contributed by atoms with E-state index in [1.54, 1.807) is 0 Å². The van der Waals surface area contributed by atoms with Gasteiger partial charge in [0.2, 0.25) is 0 Å². The highest BCUT2D eigenvalue weighted by Gasteiger charge is 2.14. The van der Waals surface area contributed by atoms with Gasteiger partial charge in [-0.25, -0.2) is 0 Å². The molecule has 1 atom stereocenters. The van der Waals surface area contributed by atoms with Crippen LogP contribution < -0.4 is 0 Å². The van der Waals surface area contributed by atoms with Crippen LogP contribution in [0.5, 0.6) is 0 Å². The van der Waals surface area contributed by atoms with Gasteiger partial charge in [-0.1, -0.05) is 33.1 Å². The molecule has 1 N–H and O–H groups in total. The maximum absolute atomic E-state index is 8.96. The second-order valence-electron chi connectivity index (χ2n) is 5.56. The first-order chi connectivity index (χ1) is 8.80. The zero-order valence-corrected chi connectivity index (χ0v) is 12.4. The van der Waals surface area contributed by atoms with E-state index < -0.39 is 0 Å². The number of piperazine rings is 1. The van der Waals surface area contributed by atoms with E-state index in [-0.39, 0.29) is 0 Å². The number of hydrogen-bond donors (Lipinski definition) is 1. The van der Waals surface area contributed by atoms with Gasteiger partial charge in [-0.2, -0.15) is 0 Å². The summed E-state index contributed by atoms with van der Waals surface area (Å²) in [4.78, 5) is 5.14. The number of aliphatic hydroxyl groups is 1. The van der Waals surface area contributed by atoms with Gasteiger partial charge in [0.1, 0.15) is 0 Å². The predicted octanol–water partition coefficient (Wildman–Crippen LogP) is 2.20. The van der Waals surface area contributed by atoms with Crippen molar-refractivity contribution in [3.8, 4) is 0 Å². The quantitative estimate of drug-likeness (QED) is 0.641. The summed E-state index contributed by atoms with van der Waals surface area (Å²) in [6.45, 7) is 12.3. The predicted molar refractivity (Wildman–Crippen MR) is 77.9 cm³/mol. The van der Waals surface area contributed by atoms with Gasteiger partial charge >= 0.3 is 0 Å². The maximum Gasteiger partial charge on any atom is 0.0433 e. The lowest BCUT2D eigenvalue weighted by atomic mass is 9.96. The molecule has 1 saturated heterocycles. The summed E-state index contributed by atoms with van der Waals surface area (Å²) >= 11 is 0. The molecule has 18 heavy (non-hydrogen) atoms. The van der Waals surface area contributed by atoms with Gasteiger partial charge in [0.05, 0.1) is 0 Å². The Morgan fingerprint density at radius 2 is 1.61 bits per heavy atom. The van der Waals surface area contributed by atoms with E-state index in [9.17, 15) is 0 Å². The summed E-state index contributed by atoms with van der Waals surface area (Å²) in [5.41, 5.74) is 0. The van der Waals surface area contributed by atoms with Gasteiger partial charge in [0.25, 0.3) is 0 Å². The fourth-order valence-corrected chi connectivity index (χ4v) is 2.83. The number of likely N-dealkylation sites (N-methyl/N-ethyl adjacent to an activating group) is 1. The Morgan fingerprint density at radius 1 is 0.944 bits per heavy atom. The lowest BCUT2D eigenvalue weighted by Crippen LogP contribution is -2.46. The fourth-order valence-electron chi connectivity index (χ4n) is 2.83. The van der Waals surface area contributed by atoms with Crippen LogP contribution in [-0.4, -0.2) is 60.8 Å². The standard InChI is InChI=1S/C15H32N2O/c1-3-15(8-14-18)7-5-6-9-17-12-10-16(4-2)11-13-17/h15,18H,3-14H2,1-2H3/t15-/m0/s1. The molecule has 3 nitrogen and oxygen atoms in total. The zero-order valence-electron chi connectivity index (χ0n) is 12.4. The monoisotopic (exact) mass is 256 g/mol. The van der Waals surface area contributed by atoms with Gasteiger partial charge in [0, 0.05) is 32.8 Å². The van der Waals surface area contributed by atoms with Crippen LogP contribution in [0.4, 0.5) is 0 Å². The molecule has 0 saturated carbocycles. The molecule has 0 aromatic rings. The number of aliphatic hydroxyl groups excluding tert-OH is 1. The Kier molecular flexibility index (Phi) is 8.64. The minimum absolute atomic E-state index is 0.359. The lowest BCUT2D eigenvalue weighted by Gasteiger charge is -2.34. The van der Waals surface area contributed by atoms with E-state index in [0.717, 1.165) is 12.3 Å². The Hall–Kier alpha value is -0.120. The van der Waals surface area contributed by atoms with E-state index in [2.05, 4.69) is 23.6 Å². The summed E-state index contributed by atoms with van der Waals surface area (Å²) in [7, 11) is 0. The van der Waals surface area contributed by atoms with Crippen molar-refractivity contribution in [2.75, 3.05) is 45.9 Å². The third-order valence-corrected chi connectivity index (χ3v) is 4.36. The van der Waals surface area contributed by atoms with Crippen molar-refractivity contribution in [3.63, 3.8) is 0 Å². The van der Waals surface area contributed by atoms with Gasteiger partial charge in [0.15, 0.2) is 0 Å². The second-order valence-corrected chi connectivity index (χ2v) is 5.56. The molecular formula is C15H32N2O. The summed E-state index contributed by atoms with van der Waals surface area (Å²) in [6.07, 6.45) is 6.16. The second kappa shape index (κ2) is 9.76.